The molecule has 1 amide bonds. The van der Waals surface area contributed by atoms with Gasteiger partial charge in [-0.05, 0) is 37.1 Å². The highest BCUT2D eigenvalue weighted by Gasteiger charge is 2.34. The molecule has 1 aromatic carbocycles. The number of carbonyl (C=O) groups is 2. The van der Waals surface area contributed by atoms with Crippen LogP contribution in [0.2, 0.25) is 0 Å². The molecule has 0 bridgehead atoms. The van der Waals surface area contributed by atoms with Crippen molar-refractivity contribution < 1.29 is 18.7 Å². The minimum absolute atomic E-state index is 0.0470. The van der Waals surface area contributed by atoms with Crippen molar-refractivity contribution in [3.63, 3.8) is 0 Å². The van der Waals surface area contributed by atoms with E-state index in [1.54, 1.807) is 7.11 Å². The third-order valence-electron chi connectivity index (χ3n) is 4.52. The van der Waals surface area contributed by atoms with E-state index in [4.69, 9.17) is 4.74 Å². The van der Waals surface area contributed by atoms with Crippen LogP contribution in [-0.4, -0.2) is 32.0 Å². The number of benzene rings is 1. The van der Waals surface area contributed by atoms with Crippen LogP contribution in [-0.2, 0) is 9.53 Å². The lowest BCUT2D eigenvalue weighted by Crippen LogP contribution is -2.38. The Morgan fingerprint density at radius 1 is 1.17 bits per heavy atom. The maximum Gasteiger partial charge on any atom is 0.220 e. The SMILES string of the molecule is COCC1(CNC(=O)CCC(=O)c2ccc(F)cc2)CCCC1. The number of ether oxygens (including phenoxy) is 1. The molecule has 0 atom stereocenters. The van der Waals surface area contributed by atoms with Gasteiger partial charge in [-0.3, -0.25) is 9.59 Å². The average molecular weight is 321 g/mol. The molecule has 0 aromatic heterocycles. The minimum Gasteiger partial charge on any atom is -0.384 e. The summed E-state index contributed by atoms with van der Waals surface area (Å²) in [5.74, 6) is -0.644. The average Bonchev–Trinajstić information content (AvgIpc) is 3.00. The van der Waals surface area contributed by atoms with Gasteiger partial charge in [-0.2, -0.15) is 0 Å². The number of nitrogens with one attached hydrogen (secondary N) is 1. The lowest BCUT2D eigenvalue weighted by molar-refractivity contribution is -0.121. The first-order valence-electron chi connectivity index (χ1n) is 8.09. The summed E-state index contributed by atoms with van der Waals surface area (Å²) in [6.45, 7) is 1.26. The molecule has 1 N–H and O–H groups in total. The fourth-order valence-electron chi connectivity index (χ4n) is 3.18. The first-order chi connectivity index (χ1) is 11.0. The van der Waals surface area contributed by atoms with E-state index in [-0.39, 0.29) is 35.8 Å². The fraction of sp³-hybridized carbons (Fsp3) is 0.556. The largest absolute Gasteiger partial charge is 0.384 e. The molecule has 0 aliphatic heterocycles. The number of amides is 1. The maximum atomic E-state index is 12.8. The Morgan fingerprint density at radius 2 is 1.83 bits per heavy atom. The van der Waals surface area contributed by atoms with Crippen LogP contribution in [0, 0.1) is 11.2 Å². The van der Waals surface area contributed by atoms with Gasteiger partial charge in [0.25, 0.3) is 0 Å². The molecule has 0 heterocycles. The van der Waals surface area contributed by atoms with E-state index in [0.29, 0.717) is 18.7 Å². The van der Waals surface area contributed by atoms with Crippen LogP contribution in [0.5, 0.6) is 0 Å². The number of rotatable bonds is 8. The Kier molecular flexibility index (Phi) is 6.28. The number of ketones is 1. The molecule has 1 saturated carbocycles. The zero-order valence-corrected chi connectivity index (χ0v) is 13.6. The second-order valence-electron chi connectivity index (χ2n) is 6.35. The number of Topliss-reactive ketones (excluding diaryl/α,β-unsaturated/α-hetero) is 1. The topological polar surface area (TPSA) is 55.4 Å². The molecule has 5 heteroatoms. The van der Waals surface area contributed by atoms with Gasteiger partial charge in [0.05, 0.1) is 6.61 Å². The van der Waals surface area contributed by atoms with Crippen molar-refractivity contribution in [3.05, 3.63) is 35.6 Å². The first kappa shape index (κ1) is 17.6. The van der Waals surface area contributed by atoms with Crippen molar-refractivity contribution in [3.8, 4) is 0 Å². The maximum absolute atomic E-state index is 12.8. The van der Waals surface area contributed by atoms with E-state index in [9.17, 15) is 14.0 Å². The minimum atomic E-state index is -0.376. The zero-order chi connectivity index (χ0) is 16.7. The van der Waals surface area contributed by atoms with Crippen LogP contribution < -0.4 is 5.32 Å². The van der Waals surface area contributed by atoms with Gasteiger partial charge in [-0.25, -0.2) is 4.39 Å². The molecule has 126 valence electrons. The molecular weight excluding hydrogens is 297 g/mol. The second-order valence-corrected chi connectivity index (χ2v) is 6.35. The summed E-state index contributed by atoms with van der Waals surface area (Å²) in [5.41, 5.74) is 0.483. The van der Waals surface area contributed by atoms with E-state index in [2.05, 4.69) is 5.32 Å². The molecule has 0 radical (unpaired) electrons. The first-order valence-corrected chi connectivity index (χ1v) is 8.09. The molecular formula is C18H24FNO3. The molecule has 1 aliphatic rings. The summed E-state index contributed by atoms with van der Waals surface area (Å²) in [6.07, 6.45) is 4.75. The Labute approximate surface area is 136 Å². The number of carbonyl (C=O) groups excluding carboxylic acids is 2. The van der Waals surface area contributed by atoms with Crippen molar-refractivity contribution in [2.45, 2.75) is 38.5 Å². The molecule has 23 heavy (non-hydrogen) atoms. The highest BCUT2D eigenvalue weighted by molar-refractivity contribution is 5.97. The summed E-state index contributed by atoms with van der Waals surface area (Å²) < 4.78 is 18.1. The van der Waals surface area contributed by atoms with Gasteiger partial charge in [0.2, 0.25) is 5.91 Å². The highest BCUT2D eigenvalue weighted by atomic mass is 19.1. The second kappa shape index (κ2) is 8.20. The van der Waals surface area contributed by atoms with Crippen molar-refractivity contribution in [1.82, 2.24) is 5.32 Å². The van der Waals surface area contributed by atoms with Gasteiger partial charge in [-0.1, -0.05) is 12.8 Å². The third-order valence-corrected chi connectivity index (χ3v) is 4.52. The standard InChI is InChI=1S/C18H24FNO3/c1-23-13-18(10-2-3-11-18)12-20-17(22)9-8-16(21)14-4-6-15(19)7-5-14/h4-7H,2-3,8-13H2,1H3,(H,20,22). The smallest absolute Gasteiger partial charge is 0.220 e. The van der Waals surface area contributed by atoms with Crippen LogP contribution >= 0.6 is 0 Å². The molecule has 2 rings (SSSR count). The summed E-state index contributed by atoms with van der Waals surface area (Å²) in [6, 6.07) is 5.40. The number of methoxy groups -OCH3 is 1. The predicted molar refractivity (Wildman–Crippen MR) is 85.8 cm³/mol. The lowest BCUT2D eigenvalue weighted by Gasteiger charge is -2.28. The fourth-order valence-corrected chi connectivity index (χ4v) is 3.18. The van der Waals surface area contributed by atoms with E-state index < -0.39 is 0 Å². The number of halogens is 1. The molecule has 1 fully saturated rings. The van der Waals surface area contributed by atoms with Gasteiger partial charge in [-0.15, -0.1) is 0 Å². The molecule has 1 aliphatic carbocycles. The van der Waals surface area contributed by atoms with Gasteiger partial charge < -0.3 is 10.1 Å². The third kappa shape index (κ3) is 5.13. The molecule has 0 spiro atoms. The van der Waals surface area contributed by atoms with Crippen LogP contribution in [0.4, 0.5) is 4.39 Å². The summed E-state index contributed by atoms with van der Waals surface area (Å²) >= 11 is 0. The van der Waals surface area contributed by atoms with Gasteiger partial charge in [0, 0.05) is 37.5 Å². The molecule has 4 nitrogen and oxygen atoms in total. The molecule has 0 saturated heterocycles. The monoisotopic (exact) mass is 321 g/mol. The van der Waals surface area contributed by atoms with E-state index in [1.165, 1.54) is 37.1 Å². The van der Waals surface area contributed by atoms with Crippen molar-refractivity contribution in [2.75, 3.05) is 20.3 Å². The number of hydrogen-bond acceptors (Lipinski definition) is 3. The Hall–Kier alpha value is -1.75. The normalized spacial score (nSPS) is 16.3. The van der Waals surface area contributed by atoms with E-state index in [1.807, 2.05) is 0 Å². The molecule has 1 aromatic rings. The van der Waals surface area contributed by atoms with Gasteiger partial charge in [0.15, 0.2) is 5.78 Å². The van der Waals surface area contributed by atoms with Crippen molar-refractivity contribution >= 4 is 11.7 Å². The quantitative estimate of drug-likeness (QED) is 0.749. The van der Waals surface area contributed by atoms with Crippen LogP contribution in [0.1, 0.15) is 48.9 Å². The van der Waals surface area contributed by atoms with Crippen LogP contribution in [0.25, 0.3) is 0 Å². The van der Waals surface area contributed by atoms with Crippen LogP contribution in [0.15, 0.2) is 24.3 Å². The number of hydrogen-bond donors (Lipinski definition) is 1. The molecule has 0 unspecified atom stereocenters. The van der Waals surface area contributed by atoms with Gasteiger partial charge in [0.1, 0.15) is 5.82 Å². The Balaban J connectivity index is 1.76. The predicted octanol–water partition coefficient (Wildman–Crippen LogP) is 3.11. The van der Waals surface area contributed by atoms with Crippen molar-refractivity contribution in [2.24, 2.45) is 5.41 Å². The summed E-state index contributed by atoms with van der Waals surface area (Å²) in [7, 11) is 1.68. The highest BCUT2D eigenvalue weighted by Crippen LogP contribution is 2.37. The van der Waals surface area contributed by atoms with Gasteiger partial charge >= 0.3 is 0 Å². The van der Waals surface area contributed by atoms with Crippen molar-refractivity contribution in [1.29, 1.82) is 0 Å². The summed E-state index contributed by atoms with van der Waals surface area (Å²) in [4.78, 5) is 23.9. The zero-order valence-electron chi connectivity index (χ0n) is 13.6. The summed E-state index contributed by atoms with van der Waals surface area (Å²) in [5, 5.41) is 2.94. The Bertz CT molecular complexity index is 536. The van der Waals surface area contributed by atoms with Crippen LogP contribution in [0.3, 0.4) is 0 Å². The van der Waals surface area contributed by atoms with E-state index in [0.717, 1.165) is 12.8 Å². The Morgan fingerprint density at radius 3 is 2.43 bits per heavy atom. The van der Waals surface area contributed by atoms with E-state index >= 15 is 0 Å². The lowest BCUT2D eigenvalue weighted by atomic mass is 9.87.